The molecule has 0 saturated heterocycles. The highest BCUT2D eigenvalue weighted by molar-refractivity contribution is 7.87. The molecule has 1 saturated carbocycles. The molecule has 0 spiro atoms. The van der Waals surface area contributed by atoms with Crippen LogP contribution in [0.3, 0.4) is 0 Å². The van der Waals surface area contributed by atoms with Gasteiger partial charge in [-0.2, -0.15) is 12.7 Å². The van der Waals surface area contributed by atoms with E-state index in [9.17, 15) is 8.42 Å². The lowest BCUT2D eigenvalue weighted by Crippen LogP contribution is -2.41. The van der Waals surface area contributed by atoms with E-state index in [2.05, 4.69) is 10.0 Å². The van der Waals surface area contributed by atoms with Gasteiger partial charge in [0.05, 0.1) is 0 Å². The van der Waals surface area contributed by atoms with Crippen LogP contribution in [0.4, 0.5) is 0 Å². The first-order valence-electron chi connectivity index (χ1n) is 6.89. The molecule has 1 unspecified atom stereocenters. The maximum absolute atomic E-state index is 11.9. The number of methoxy groups -OCH3 is 1. The Morgan fingerprint density at radius 1 is 1.42 bits per heavy atom. The van der Waals surface area contributed by atoms with Crippen LogP contribution in [-0.4, -0.2) is 59.2 Å². The van der Waals surface area contributed by atoms with Gasteiger partial charge < -0.3 is 10.1 Å². The molecule has 7 heteroatoms. The average Bonchev–Trinajstić information content (AvgIpc) is 3.16. The summed E-state index contributed by atoms with van der Waals surface area (Å²) >= 11 is 0. The monoisotopic (exact) mass is 293 g/mol. The molecule has 0 bridgehead atoms. The molecule has 0 aromatic rings. The van der Waals surface area contributed by atoms with Crippen LogP contribution >= 0.6 is 0 Å². The summed E-state index contributed by atoms with van der Waals surface area (Å²) in [6.45, 7) is 4.32. The van der Waals surface area contributed by atoms with Crippen molar-refractivity contribution in [3.63, 3.8) is 0 Å². The third-order valence-corrected chi connectivity index (χ3v) is 4.67. The zero-order chi connectivity index (χ0) is 14.3. The van der Waals surface area contributed by atoms with Gasteiger partial charge in [0.2, 0.25) is 0 Å². The molecular weight excluding hydrogens is 266 g/mol. The van der Waals surface area contributed by atoms with Crippen LogP contribution < -0.4 is 10.0 Å². The second-order valence-corrected chi connectivity index (χ2v) is 7.18. The number of rotatable bonds is 11. The molecule has 114 valence electrons. The Labute approximate surface area is 117 Å². The summed E-state index contributed by atoms with van der Waals surface area (Å²) in [4.78, 5) is 0. The van der Waals surface area contributed by atoms with Crippen molar-refractivity contribution in [1.29, 1.82) is 0 Å². The smallest absolute Gasteiger partial charge is 0.279 e. The molecule has 0 heterocycles. The van der Waals surface area contributed by atoms with Crippen LogP contribution in [0, 0.1) is 5.92 Å². The predicted octanol–water partition coefficient (Wildman–Crippen LogP) is 0.177. The number of hydrogen-bond donors (Lipinski definition) is 2. The zero-order valence-electron chi connectivity index (χ0n) is 12.2. The van der Waals surface area contributed by atoms with E-state index in [1.165, 1.54) is 17.1 Å². The lowest BCUT2D eigenvalue weighted by atomic mass is 10.2. The van der Waals surface area contributed by atoms with E-state index < -0.39 is 10.2 Å². The van der Waals surface area contributed by atoms with Crippen LogP contribution in [0.15, 0.2) is 0 Å². The lowest BCUT2D eigenvalue weighted by molar-refractivity contribution is 0.161. The van der Waals surface area contributed by atoms with E-state index in [0.717, 1.165) is 13.0 Å². The minimum absolute atomic E-state index is 0.171. The summed E-state index contributed by atoms with van der Waals surface area (Å²) in [5.41, 5.74) is 0. The molecule has 0 aliphatic heterocycles. The fourth-order valence-electron chi connectivity index (χ4n) is 1.72. The summed E-state index contributed by atoms with van der Waals surface area (Å²) in [6, 6.07) is 0.676. The number of ether oxygens (including phenoxy) is 1. The Hall–Kier alpha value is -0.210. The Balaban J connectivity index is 2.17. The van der Waals surface area contributed by atoms with Crippen molar-refractivity contribution >= 4 is 10.2 Å². The Morgan fingerprint density at radius 2 is 2.11 bits per heavy atom. The topological polar surface area (TPSA) is 70.7 Å². The molecule has 1 aliphatic carbocycles. The van der Waals surface area contributed by atoms with Gasteiger partial charge >= 0.3 is 0 Å². The van der Waals surface area contributed by atoms with E-state index >= 15 is 0 Å². The van der Waals surface area contributed by atoms with E-state index in [1.54, 1.807) is 14.2 Å². The Morgan fingerprint density at radius 3 is 2.68 bits per heavy atom. The number of nitrogens with zero attached hydrogens (tertiary/aromatic N) is 1. The fraction of sp³-hybridized carbons (Fsp3) is 1.00. The second kappa shape index (κ2) is 8.16. The molecule has 0 aromatic heterocycles. The highest BCUT2D eigenvalue weighted by atomic mass is 32.2. The van der Waals surface area contributed by atoms with Gasteiger partial charge in [-0.25, -0.2) is 4.72 Å². The van der Waals surface area contributed by atoms with Gasteiger partial charge in [-0.15, -0.1) is 0 Å². The van der Waals surface area contributed by atoms with Crippen LogP contribution in [-0.2, 0) is 14.9 Å². The van der Waals surface area contributed by atoms with E-state index in [0.29, 0.717) is 25.7 Å². The van der Waals surface area contributed by atoms with Crippen LogP contribution in [0.5, 0.6) is 0 Å². The van der Waals surface area contributed by atoms with Crippen molar-refractivity contribution in [3.05, 3.63) is 0 Å². The van der Waals surface area contributed by atoms with Gasteiger partial charge in [-0.3, -0.25) is 0 Å². The summed E-state index contributed by atoms with van der Waals surface area (Å²) in [7, 11) is -0.132. The van der Waals surface area contributed by atoms with Gasteiger partial charge in [0.25, 0.3) is 10.2 Å². The normalized spacial score (nSPS) is 17.9. The largest absolute Gasteiger partial charge is 0.384 e. The van der Waals surface area contributed by atoms with Gasteiger partial charge in [-0.1, -0.05) is 6.92 Å². The Bertz CT molecular complexity index is 344. The molecule has 6 nitrogen and oxygen atoms in total. The summed E-state index contributed by atoms with van der Waals surface area (Å²) in [5, 5.41) is 3.37. The third kappa shape index (κ3) is 7.22. The maximum Gasteiger partial charge on any atom is 0.279 e. The van der Waals surface area contributed by atoms with E-state index in [4.69, 9.17) is 4.74 Å². The second-order valence-electron chi connectivity index (χ2n) is 5.32. The van der Waals surface area contributed by atoms with Crippen LogP contribution in [0.1, 0.15) is 26.2 Å². The van der Waals surface area contributed by atoms with Crippen LogP contribution in [0.2, 0.25) is 0 Å². The maximum atomic E-state index is 11.9. The molecule has 1 atom stereocenters. The van der Waals surface area contributed by atoms with Gasteiger partial charge in [0.15, 0.2) is 0 Å². The minimum atomic E-state index is -3.36. The third-order valence-electron chi connectivity index (χ3n) is 3.14. The quantitative estimate of drug-likeness (QED) is 0.533. The SMILES string of the molecule is COCC(C)CNS(=O)(=O)N(C)CCCNC1CC1. The first-order valence-corrected chi connectivity index (χ1v) is 8.33. The lowest BCUT2D eigenvalue weighted by Gasteiger charge is -2.19. The summed E-state index contributed by atoms with van der Waals surface area (Å²) < 4.78 is 32.8. The molecule has 1 fully saturated rings. The molecule has 0 aromatic carbocycles. The van der Waals surface area contributed by atoms with Crippen molar-refractivity contribution in [2.75, 3.05) is 40.4 Å². The highest BCUT2D eigenvalue weighted by Crippen LogP contribution is 2.18. The molecule has 0 amide bonds. The van der Waals surface area contributed by atoms with Gasteiger partial charge in [-0.05, 0) is 31.7 Å². The number of nitrogens with one attached hydrogen (secondary N) is 2. The number of hydrogen-bond acceptors (Lipinski definition) is 4. The molecule has 1 rings (SSSR count). The molecule has 2 N–H and O–H groups in total. The zero-order valence-corrected chi connectivity index (χ0v) is 13.0. The fourth-order valence-corrected chi connectivity index (χ4v) is 2.80. The van der Waals surface area contributed by atoms with Crippen LogP contribution in [0.25, 0.3) is 0 Å². The summed E-state index contributed by atoms with van der Waals surface area (Å²) in [5.74, 6) is 0.171. The highest BCUT2D eigenvalue weighted by Gasteiger charge is 2.21. The molecule has 1 aliphatic rings. The Kier molecular flexibility index (Phi) is 7.23. The van der Waals surface area contributed by atoms with Crippen molar-refractivity contribution in [2.24, 2.45) is 5.92 Å². The molecule has 0 radical (unpaired) electrons. The molecular formula is C12H27N3O3S. The van der Waals surface area contributed by atoms with Crippen molar-refractivity contribution in [2.45, 2.75) is 32.2 Å². The van der Waals surface area contributed by atoms with Crippen molar-refractivity contribution in [3.8, 4) is 0 Å². The molecule has 19 heavy (non-hydrogen) atoms. The van der Waals surface area contributed by atoms with Gasteiger partial charge in [0, 0.05) is 39.9 Å². The van der Waals surface area contributed by atoms with Crippen molar-refractivity contribution in [1.82, 2.24) is 14.3 Å². The van der Waals surface area contributed by atoms with E-state index in [-0.39, 0.29) is 5.92 Å². The van der Waals surface area contributed by atoms with Crippen molar-refractivity contribution < 1.29 is 13.2 Å². The minimum Gasteiger partial charge on any atom is -0.384 e. The predicted molar refractivity (Wildman–Crippen MR) is 76.2 cm³/mol. The van der Waals surface area contributed by atoms with Gasteiger partial charge in [0.1, 0.15) is 0 Å². The standard InChI is InChI=1S/C12H27N3O3S/c1-11(10-18-3)9-14-19(16,17)15(2)8-4-7-13-12-5-6-12/h11-14H,4-10H2,1-3H3. The first kappa shape index (κ1) is 16.8. The average molecular weight is 293 g/mol. The first-order chi connectivity index (χ1) is 8.95. The summed E-state index contributed by atoms with van der Waals surface area (Å²) in [6.07, 6.45) is 3.35. The van der Waals surface area contributed by atoms with E-state index in [1.807, 2.05) is 6.92 Å².